The molecule has 7 heteroatoms. The summed E-state index contributed by atoms with van der Waals surface area (Å²) in [4.78, 5) is 20.7. The Bertz CT molecular complexity index is 1010. The molecule has 4 aromatic rings. The van der Waals surface area contributed by atoms with Crippen molar-refractivity contribution in [3.8, 4) is 11.4 Å². The minimum atomic E-state index is -0.316. The van der Waals surface area contributed by atoms with E-state index in [1.54, 1.807) is 24.5 Å². The summed E-state index contributed by atoms with van der Waals surface area (Å²) in [7, 11) is 0. The molecular weight excluding hydrogens is 332 g/mol. The molecular formula is C19H14N4O3. The van der Waals surface area contributed by atoms with Crippen molar-refractivity contribution in [2.75, 3.05) is 5.32 Å². The molecule has 0 unspecified atom stereocenters. The number of nitrogens with one attached hydrogen (secondary N) is 1. The molecule has 3 heterocycles. The topological polar surface area (TPSA) is 94.1 Å². The third-order valence-electron chi connectivity index (χ3n) is 3.74. The van der Waals surface area contributed by atoms with Crippen molar-refractivity contribution in [1.29, 1.82) is 0 Å². The van der Waals surface area contributed by atoms with Crippen LogP contribution in [0.15, 0.2) is 76.1 Å². The van der Waals surface area contributed by atoms with Gasteiger partial charge in [-0.3, -0.25) is 9.78 Å². The summed E-state index contributed by atoms with van der Waals surface area (Å²) in [5, 5.41) is 6.82. The summed E-state index contributed by atoms with van der Waals surface area (Å²) in [5.74, 6) is 0.856. The fraction of sp³-hybridized carbons (Fsp3) is 0.0526. The van der Waals surface area contributed by atoms with Gasteiger partial charge in [-0.05, 0) is 35.9 Å². The van der Waals surface area contributed by atoms with Crippen molar-refractivity contribution in [3.63, 3.8) is 0 Å². The predicted octanol–water partition coefficient (Wildman–Crippen LogP) is 3.57. The number of nitrogens with zero attached hydrogens (tertiary/aromatic N) is 3. The van der Waals surface area contributed by atoms with Crippen LogP contribution < -0.4 is 5.32 Å². The van der Waals surface area contributed by atoms with Crippen LogP contribution >= 0.6 is 0 Å². The zero-order valence-electron chi connectivity index (χ0n) is 13.6. The molecule has 4 rings (SSSR count). The average Bonchev–Trinajstić information content (AvgIpc) is 3.36. The second-order valence-corrected chi connectivity index (χ2v) is 5.52. The first-order valence-electron chi connectivity index (χ1n) is 7.95. The standard InChI is InChI=1S/C19H14N4O3/c24-19(16-8-4-10-25-16)21-15-7-2-1-5-13(15)11-17-22-18(23-26-17)14-6-3-9-20-12-14/h1-10,12H,11H2,(H,21,24). The summed E-state index contributed by atoms with van der Waals surface area (Å²) < 4.78 is 10.5. The first-order valence-corrected chi connectivity index (χ1v) is 7.95. The second kappa shape index (κ2) is 7.02. The molecule has 1 aromatic carbocycles. The van der Waals surface area contributed by atoms with Gasteiger partial charge < -0.3 is 14.3 Å². The van der Waals surface area contributed by atoms with E-state index in [9.17, 15) is 4.79 Å². The van der Waals surface area contributed by atoms with Gasteiger partial charge in [0.15, 0.2) is 5.76 Å². The number of amides is 1. The lowest BCUT2D eigenvalue weighted by Gasteiger charge is -2.08. The Labute approximate surface area is 148 Å². The minimum Gasteiger partial charge on any atom is -0.459 e. The highest BCUT2D eigenvalue weighted by molar-refractivity contribution is 6.02. The van der Waals surface area contributed by atoms with E-state index in [1.807, 2.05) is 36.4 Å². The summed E-state index contributed by atoms with van der Waals surface area (Å²) in [6.07, 6.45) is 5.20. The predicted molar refractivity (Wildman–Crippen MR) is 93.4 cm³/mol. The van der Waals surface area contributed by atoms with E-state index >= 15 is 0 Å². The summed E-state index contributed by atoms with van der Waals surface area (Å²) >= 11 is 0. The van der Waals surface area contributed by atoms with Crippen molar-refractivity contribution < 1.29 is 13.7 Å². The number of aromatic nitrogens is 3. The lowest BCUT2D eigenvalue weighted by Crippen LogP contribution is -2.12. The van der Waals surface area contributed by atoms with Gasteiger partial charge in [-0.1, -0.05) is 23.4 Å². The number of anilines is 1. The highest BCUT2D eigenvalue weighted by Crippen LogP contribution is 2.21. The average molecular weight is 346 g/mol. The van der Waals surface area contributed by atoms with Gasteiger partial charge in [0.1, 0.15) is 0 Å². The number of para-hydroxylation sites is 1. The van der Waals surface area contributed by atoms with Gasteiger partial charge in [-0.2, -0.15) is 4.98 Å². The van der Waals surface area contributed by atoms with Gasteiger partial charge in [0.2, 0.25) is 11.7 Å². The summed E-state index contributed by atoms with van der Waals surface area (Å²) in [6.45, 7) is 0. The van der Waals surface area contributed by atoms with Crippen LogP contribution in [0.4, 0.5) is 5.69 Å². The monoisotopic (exact) mass is 346 g/mol. The maximum atomic E-state index is 12.2. The quantitative estimate of drug-likeness (QED) is 0.594. The molecule has 0 aliphatic heterocycles. The molecule has 3 aromatic heterocycles. The Morgan fingerprint density at radius 1 is 1.08 bits per heavy atom. The molecule has 26 heavy (non-hydrogen) atoms. The zero-order valence-corrected chi connectivity index (χ0v) is 13.6. The second-order valence-electron chi connectivity index (χ2n) is 5.52. The van der Waals surface area contributed by atoms with Crippen LogP contribution in [0.3, 0.4) is 0 Å². The highest BCUT2D eigenvalue weighted by Gasteiger charge is 2.14. The molecule has 1 amide bonds. The van der Waals surface area contributed by atoms with Crippen LogP contribution in [0, 0.1) is 0 Å². The molecule has 0 saturated heterocycles. The van der Waals surface area contributed by atoms with E-state index in [0.717, 1.165) is 11.1 Å². The molecule has 0 atom stereocenters. The van der Waals surface area contributed by atoms with E-state index < -0.39 is 0 Å². The molecule has 0 radical (unpaired) electrons. The molecule has 0 saturated carbocycles. The molecule has 128 valence electrons. The lowest BCUT2D eigenvalue weighted by molar-refractivity contribution is 0.0996. The smallest absolute Gasteiger partial charge is 0.291 e. The normalized spacial score (nSPS) is 10.6. The fourth-order valence-corrected chi connectivity index (χ4v) is 2.49. The Morgan fingerprint density at radius 3 is 2.81 bits per heavy atom. The van der Waals surface area contributed by atoms with Crippen molar-refractivity contribution in [1.82, 2.24) is 15.1 Å². The molecule has 7 nitrogen and oxygen atoms in total. The number of pyridine rings is 1. The van der Waals surface area contributed by atoms with Crippen LogP contribution in [0.25, 0.3) is 11.4 Å². The first kappa shape index (κ1) is 15.8. The van der Waals surface area contributed by atoms with Gasteiger partial charge in [-0.15, -0.1) is 0 Å². The Kier molecular flexibility index (Phi) is 4.26. The van der Waals surface area contributed by atoms with E-state index in [2.05, 4.69) is 20.4 Å². The highest BCUT2D eigenvalue weighted by atomic mass is 16.5. The largest absolute Gasteiger partial charge is 0.459 e. The van der Waals surface area contributed by atoms with Gasteiger partial charge in [0, 0.05) is 23.6 Å². The fourth-order valence-electron chi connectivity index (χ4n) is 2.49. The van der Waals surface area contributed by atoms with Crippen LogP contribution in [0.5, 0.6) is 0 Å². The number of furan rings is 1. The molecule has 0 aliphatic carbocycles. The minimum absolute atomic E-state index is 0.247. The summed E-state index contributed by atoms with van der Waals surface area (Å²) in [5.41, 5.74) is 2.30. The van der Waals surface area contributed by atoms with E-state index in [-0.39, 0.29) is 11.7 Å². The van der Waals surface area contributed by atoms with Gasteiger partial charge in [0.05, 0.1) is 12.7 Å². The number of hydrogen-bond acceptors (Lipinski definition) is 6. The van der Waals surface area contributed by atoms with Crippen LogP contribution in [-0.4, -0.2) is 21.0 Å². The maximum Gasteiger partial charge on any atom is 0.291 e. The molecule has 1 N–H and O–H groups in total. The van der Waals surface area contributed by atoms with Gasteiger partial charge in [0.25, 0.3) is 5.91 Å². The zero-order chi connectivity index (χ0) is 17.8. The number of hydrogen-bond donors (Lipinski definition) is 1. The van der Waals surface area contributed by atoms with Crippen LogP contribution in [0.1, 0.15) is 22.0 Å². The van der Waals surface area contributed by atoms with Crippen molar-refractivity contribution >= 4 is 11.6 Å². The van der Waals surface area contributed by atoms with Crippen molar-refractivity contribution in [2.24, 2.45) is 0 Å². The number of carbonyl (C=O) groups excluding carboxylic acids is 1. The Balaban J connectivity index is 1.54. The summed E-state index contributed by atoms with van der Waals surface area (Å²) in [6, 6.07) is 14.4. The molecule has 0 fully saturated rings. The third kappa shape index (κ3) is 3.36. The van der Waals surface area contributed by atoms with Crippen molar-refractivity contribution in [3.05, 3.63) is 84.4 Å². The molecule has 0 spiro atoms. The van der Waals surface area contributed by atoms with Crippen LogP contribution in [0.2, 0.25) is 0 Å². The SMILES string of the molecule is O=C(Nc1ccccc1Cc1nc(-c2cccnc2)no1)c1ccco1. The number of rotatable bonds is 5. The Morgan fingerprint density at radius 2 is 2.00 bits per heavy atom. The third-order valence-corrected chi connectivity index (χ3v) is 3.74. The van der Waals surface area contributed by atoms with E-state index in [1.165, 1.54) is 6.26 Å². The number of benzene rings is 1. The number of carbonyl (C=O) groups is 1. The van der Waals surface area contributed by atoms with E-state index in [4.69, 9.17) is 8.94 Å². The van der Waals surface area contributed by atoms with E-state index in [0.29, 0.717) is 23.8 Å². The van der Waals surface area contributed by atoms with Gasteiger partial charge in [-0.25, -0.2) is 0 Å². The molecule has 0 bridgehead atoms. The van der Waals surface area contributed by atoms with Crippen LogP contribution in [-0.2, 0) is 6.42 Å². The lowest BCUT2D eigenvalue weighted by atomic mass is 10.1. The van der Waals surface area contributed by atoms with Gasteiger partial charge >= 0.3 is 0 Å². The first-order chi connectivity index (χ1) is 12.8. The maximum absolute atomic E-state index is 12.2. The van der Waals surface area contributed by atoms with Crippen molar-refractivity contribution in [2.45, 2.75) is 6.42 Å². The Hall–Kier alpha value is -3.74. The molecule has 0 aliphatic rings.